The highest BCUT2D eigenvalue weighted by atomic mass is 15.7. The van der Waals surface area contributed by atoms with Gasteiger partial charge in [0.15, 0.2) is 0 Å². The minimum absolute atomic E-state index is 0.663. The summed E-state index contributed by atoms with van der Waals surface area (Å²) in [6, 6.07) is 0.701. The van der Waals surface area contributed by atoms with E-state index in [1.165, 1.54) is 31.6 Å². The van der Waals surface area contributed by atoms with Gasteiger partial charge in [0.05, 0.1) is 0 Å². The molecule has 0 radical (unpaired) electrons. The van der Waals surface area contributed by atoms with E-state index in [0.29, 0.717) is 11.5 Å². The fourth-order valence-electron chi connectivity index (χ4n) is 2.53. The fourth-order valence-corrected chi connectivity index (χ4v) is 2.53. The molecule has 3 N–H and O–H groups in total. The summed E-state index contributed by atoms with van der Waals surface area (Å²) >= 11 is 0. The van der Waals surface area contributed by atoms with Crippen LogP contribution in [0.2, 0.25) is 0 Å². The number of rotatable bonds is 1. The topological polar surface area (TPSA) is 39.3 Å². The quantitative estimate of drug-likeness (QED) is 0.528. The maximum Gasteiger partial charge on any atom is 0.0479 e. The van der Waals surface area contributed by atoms with E-state index in [2.05, 4.69) is 34.4 Å². The highest BCUT2D eigenvalue weighted by molar-refractivity contribution is 5.09. The Balaban J connectivity index is 1.59. The van der Waals surface area contributed by atoms with Crippen LogP contribution in [0.5, 0.6) is 0 Å². The van der Waals surface area contributed by atoms with Crippen molar-refractivity contribution in [2.75, 3.05) is 13.1 Å². The third-order valence-electron chi connectivity index (χ3n) is 3.45. The number of hydrogen-bond acceptors (Lipinski definition) is 4. The summed E-state index contributed by atoms with van der Waals surface area (Å²) in [5.41, 5.74) is 8.13. The monoisotopic (exact) mass is 180 g/mol. The minimum atomic E-state index is 0.663. The van der Waals surface area contributed by atoms with Crippen molar-refractivity contribution < 1.29 is 0 Å². The van der Waals surface area contributed by atoms with Crippen molar-refractivity contribution in [3.05, 3.63) is 11.9 Å². The molecule has 4 nitrogen and oxygen atoms in total. The van der Waals surface area contributed by atoms with E-state index in [1.54, 1.807) is 0 Å². The molecule has 0 amide bonds. The standard InChI is InChI=1S/C9H16N4/c1-7-4-13(12-11-7)8-2-9(3-8)5-10-6-9/h4,8,10-12H,2-3,5-6H2,1H3. The van der Waals surface area contributed by atoms with Crippen molar-refractivity contribution in [3.8, 4) is 0 Å². The summed E-state index contributed by atoms with van der Waals surface area (Å²) in [6.45, 7) is 4.53. The van der Waals surface area contributed by atoms with Gasteiger partial charge in [-0.1, -0.05) is 0 Å². The van der Waals surface area contributed by atoms with Crippen molar-refractivity contribution in [3.63, 3.8) is 0 Å². The van der Waals surface area contributed by atoms with Crippen LogP contribution < -0.4 is 16.3 Å². The maximum absolute atomic E-state index is 3.35. The van der Waals surface area contributed by atoms with Crippen LogP contribution >= 0.6 is 0 Å². The second kappa shape index (κ2) is 2.39. The predicted molar refractivity (Wildman–Crippen MR) is 50.2 cm³/mol. The van der Waals surface area contributed by atoms with Gasteiger partial charge in [0.25, 0.3) is 0 Å². The van der Waals surface area contributed by atoms with Gasteiger partial charge in [-0.25, -0.2) is 0 Å². The van der Waals surface area contributed by atoms with E-state index in [-0.39, 0.29) is 0 Å². The van der Waals surface area contributed by atoms with E-state index >= 15 is 0 Å². The zero-order chi connectivity index (χ0) is 8.89. The Kier molecular flexibility index (Phi) is 1.41. The van der Waals surface area contributed by atoms with E-state index in [4.69, 9.17) is 0 Å². The van der Waals surface area contributed by atoms with Gasteiger partial charge in [0.1, 0.15) is 0 Å². The van der Waals surface area contributed by atoms with Gasteiger partial charge < -0.3 is 10.7 Å². The predicted octanol–water partition coefficient (Wildman–Crippen LogP) is -0.0755. The van der Waals surface area contributed by atoms with Crippen LogP contribution in [0.3, 0.4) is 0 Å². The molecule has 2 heterocycles. The summed E-state index contributed by atoms with van der Waals surface area (Å²) < 4.78 is 0. The second-order valence-corrected chi connectivity index (χ2v) is 4.62. The van der Waals surface area contributed by atoms with Crippen molar-refractivity contribution in [1.82, 2.24) is 21.3 Å². The summed E-state index contributed by atoms with van der Waals surface area (Å²) in [7, 11) is 0. The van der Waals surface area contributed by atoms with Crippen LogP contribution in [0.1, 0.15) is 19.8 Å². The van der Waals surface area contributed by atoms with Crippen molar-refractivity contribution in [1.29, 1.82) is 0 Å². The normalized spacial score (nSPS) is 30.8. The Labute approximate surface area is 78.3 Å². The molecule has 1 aliphatic carbocycles. The number of nitrogens with one attached hydrogen (secondary N) is 3. The molecule has 0 aromatic rings. The summed E-state index contributed by atoms with van der Waals surface area (Å²) in [5, 5.41) is 5.56. The van der Waals surface area contributed by atoms with Gasteiger partial charge in [0, 0.05) is 31.0 Å². The molecule has 3 rings (SSSR count). The molecule has 13 heavy (non-hydrogen) atoms. The zero-order valence-corrected chi connectivity index (χ0v) is 7.93. The van der Waals surface area contributed by atoms with Crippen molar-refractivity contribution >= 4 is 0 Å². The van der Waals surface area contributed by atoms with Crippen LogP contribution in [-0.4, -0.2) is 24.1 Å². The lowest BCUT2D eigenvalue weighted by atomic mass is 9.61. The van der Waals surface area contributed by atoms with Crippen LogP contribution in [0.15, 0.2) is 11.9 Å². The molecule has 4 heteroatoms. The summed E-state index contributed by atoms with van der Waals surface area (Å²) in [5.74, 6) is 0. The van der Waals surface area contributed by atoms with Gasteiger partial charge in [-0.15, -0.1) is 5.53 Å². The Morgan fingerprint density at radius 2 is 2.23 bits per heavy atom. The van der Waals surface area contributed by atoms with Gasteiger partial charge in [-0.3, -0.25) is 5.01 Å². The number of hydrazine groups is 2. The Morgan fingerprint density at radius 3 is 2.69 bits per heavy atom. The minimum Gasteiger partial charge on any atom is -0.316 e. The molecule has 1 saturated carbocycles. The first-order valence-corrected chi connectivity index (χ1v) is 4.97. The lowest BCUT2D eigenvalue weighted by Crippen LogP contribution is -2.65. The zero-order valence-electron chi connectivity index (χ0n) is 7.93. The van der Waals surface area contributed by atoms with E-state index in [1.807, 2.05) is 0 Å². The molecule has 0 atom stereocenters. The lowest BCUT2D eigenvalue weighted by Gasteiger charge is -2.56. The third kappa shape index (κ3) is 1.05. The number of allylic oxidation sites excluding steroid dienone is 1. The molecule has 2 aliphatic heterocycles. The Hall–Kier alpha value is -0.740. The van der Waals surface area contributed by atoms with E-state index in [0.717, 1.165) is 0 Å². The molecule has 1 saturated heterocycles. The Morgan fingerprint density at radius 1 is 1.46 bits per heavy atom. The van der Waals surface area contributed by atoms with E-state index < -0.39 is 0 Å². The molecule has 0 aromatic carbocycles. The highest BCUT2D eigenvalue weighted by Gasteiger charge is 2.50. The first kappa shape index (κ1) is 7.64. The van der Waals surface area contributed by atoms with Crippen LogP contribution in [-0.2, 0) is 0 Å². The van der Waals surface area contributed by atoms with Crippen LogP contribution in [0, 0.1) is 5.41 Å². The van der Waals surface area contributed by atoms with Crippen molar-refractivity contribution in [2.24, 2.45) is 5.41 Å². The number of nitrogens with zero attached hydrogens (tertiary/aromatic N) is 1. The molecule has 0 bridgehead atoms. The number of hydrogen-bond donors (Lipinski definition) is 3. The highest BCUT2D eigenvalue weighted by Crippen LogP contribution is 2.46. The fraction of sp³-hybridized carbons (Fsp3) is 0.778. The van der Waals surface area contributed by atoms with E-state index in [9.17, 15) is 0 Å². The SMILES string of the molecule is CC1=CN(C2CC3(CNC3)C2)NN1. The molecule has 0 aromatic heterocycles. The van der Waals surface area contributed by atoms with Gasteiger partial charge in [0.2, 0.25) is 0 Å². The molecule has 3 aliphatic rings. The smallest absolute Gasteiger partial charge is 0.0479 e. The largest absolute Gasteiger partial charge is 0.316 e. The van der Waals surface area contributed by atoms with Crippen molar-refractivity contribution in [2.45, 2.75) is 25.8 Å². The van der Waals surface area contributed by atoms with Crippen LogP contribution in [0.4, 0.5) is 0 Å². The average Bonchev–Trinajstić information content (AvgIpc) is 2.29. The molecule has 2 fully saturated rings. The van der Waals surface area contributed by atoms with Gasteiger partial charge in [-0.05, 0) is 25.2 Å². The molecule has 72 valence electrons. The van der Waals surface area contributed by atoms with Crippen LogP contribution in [0.25, 0.3) is 0 Å². The molecule has 1 spiro atoms. The van der Waals surface area contributed by atoms with Gasteiger partial charge >= 0.3 is 0 Å². The maximum atomic E-state index is 3.35. The molecular formula is C9H16N4. The average molecular weight is 180 g/mol. The van der Waals surface area contributed by atoms with Gasteiger partial charge in [-0.2, -0.15) is 0 Å². The summed E-state index contributed by atoms with van der Waals surface area (Å²) in [4.78, 5) is 0. The Bertz CT molecular complexity index is 248. The molecular weight excluding hydrogens is 164 g/mol. The molecule has 0 unspecified atom stereocenters. The first-order valence-electron chi connectivity index (χ1n) is 4.97. The first-order chi connectivity index (χ1) is 6.27. The lowest BCUT2D eigenvalue weighted by molar-refractivity contribution is -0.0345. The second-order valence-electron chi connectivity index (χ2n) is 4.62. The summed E-state index contributed by atoms with van der Waals surface area (Å²) in [6.07, 6.45) is 4.82. The third-order valence-corrected chi connectivity index (χ3v) is 3.45.